The molecule has 0 saturated carbocycles. The molecule has 2 aliphatic heterocycles. The van der Waals surface area contributed by atoms with Crippen molar-refractivity contribution in [2.45, 2.75) is 77.1 Å². The van der Waals surface area contributed by atoms with Gasteiger partial charge in [-0.15, -0.1) is 11.8 Å². The quantitative estimate of drug-likeness (QED) is 0.583. The third-order valence-corrected chi connectivity index (χ3v) is 7.93. The summed E-state index contributed by atoms with van der Waals surface area (Å²) in [5, 5.41) is 1.64. The third-order valence-electron chi connectivity index (χ3n) is 6.00. The Morgan fingerprint density at radius 3 is 2.41 bits per heavy atom. The van der Waals surface area contributed by atoms with Crippen molar-refractivity contribution < 1.29 is 9.53 Å². The van der Waals surface area contributed by atoms with E-state index in [9.17, 15) is 9.59 Å². The Morgan fingerprint density at radius 2 is 1.81 bits per heavy atom. The lowest BCUT2D eigenvalue weighted by Crippen LogP contribution is -2.59. The molecule has 0 N–H and O–H groups in total. The summed E-state index contributed by atoms with van der Waals surface area (Å²) in [6.07, 6.45) is -0.310. The minimum absolute atomic E-state index is 0.0460. The van der Waals surface area contributed by atoms with Crippen molar-refractivity contribution in [3.63, 3.8) is 0 Å². The van der Waals surface area contributed by atoms with Crippen LogP contribution < -0.4 is 10.6 Å². The van der Waals surface area contributed by atoms with Crippen LogP contribution in [-0.2, 0) is 4.74 Å². The molecule has 3 atom stereocenters. The molecule has 1 aromatic heterocycles. The largest absolute Gasteiger partial charge is 0.444 e. The van der Waals surface area contributed by atoms with Gasteiger partial charge >= 0.3 is 11.8 Å². The van der Waals surface area contributed by atoms with Crippen molar-refractivity contribution in [2.24, 2.45) is 0 Å². The van der Waals surface area contributed by atoms with Crippen molar-refractivity contribution in [1.29, 1.82) is 0 Å². The Morgan fingerprint density at radius 1 is 1.19 bits per heavy atom. The number of aryl methyl sites for hydroxylation is 1. The number of ether oxygens (including phenoxy) is 1. The van der Waals surface area contributed by atoms with Gasteiger partial charge in [-0.05, 0) is 60.1 Å². The summed E-state index contributed by atoms with van der Waals surface area (Å²) in [5.41, 5.74) is 1.04. The highest BCUT2D eigenvalue weighted by molar-refractivity contribution is 7.99. The number of hydrogen-bond acceptors (Lipinski definition) is 6. The fourth-order valence-electron chi connectivity index (χ4n) is 4.69. The van der Waals surface area contributed by atoms with Crippen LogP contribution in [0.25, 0.3) is 10.9 Å². The smallest absolute Gasteiger partial charge is 0.410 e. The molecule has 1 fully saturated rings. The second-order valence-corrected chi connectivity index (χ2v) is 11.4. The van der Waals surface area contributed by atoms with Crippen LogP contribution in [0, 0.1) is 6.92 Å². The van der Waals surface area contributed by atoms with Crippen LogP contribution >= 0.6 is 23.4 Å². The second kappa shape index (κ2) is 8.13. The van der Waals surface area contributed by atoms with Crippen LogP contribution in [0.3, 0.4) is 0 Å². The summed E-state index contributed by atoms with van der Waals surface area (Å²) in [6, 6.07) is 1.89. The van der Waals surface area contributed by atoms with E-state index in [4.69, 9.17) is 16.3 Å². The topological polar surface area (TPSA) is 67.7 Å². The minimum Gasteiger partial charge on any atom is -0.444 e. The van der Waals surface area contributed by atoms with Crippen LogP contribution in [0.2, 0.25) is 5.02 Å². The summed E-state index contributed by atoms with van der Waals surface area (Å²) in [6.45, 7) is 14.8. The van der Waals surface area contributed by atoms with Gasteiger partial charge in [0, 0.05) is 30.3 Å². The van der Waals surface area contributed by atoms with Gasteiger partial charge in [-0.1, -0.05) is 11.6 Å². The predicted octanol–water partition coefficient (Wildman–Crippen LogP) is 4.86. The molecule has 0 unspecified atom stereocenters. The van der Waals surface area contributed by atoms with Gasteiger partial charge in [0.1, 0.15) is 11.4 Å². The summed E-state index contributed by atoms with van der Waals surface area (Å²) in [4.78, 5) is 35.3. The molecule has 0 spiro atoms. The number of nitrogens with zero attached hydrogens (tertiary/aromatic N) is 4. The fraction of sp³-hybridized carbons (Fsp3) is 0.609. The summed E-state index contributed by atoms with van der Waals surface area (Å²) in [5.74, 6) is 1.45. The number of halogens is 1. The average molecular weight is 479 g/mol. The van der Waals surface area contributed by atoms with Crippen LogP contribution in [0.5, 0.6) is 0 Å². The molecule has 3 heterocycles. The SMILES string of the molecule is Cc1cc2c(N3C[C@@H](C)N(C(=O)OC(C)(C)C)[C@@H](C)C3)nc(=O)n3c2c(c1Cl)SC[C@@H]3C. The molecule has 1 aromatic carbocycles. The van der Waals surface area contributed by atoms with Crippen molar-refractivity contribution in [3.05, 3.63) is 27.1 Å². The number of aromatic nitrogens is 2. The lowest BCUT2D eigenvalue weighted by molar-refractivity contribution is 0.00562. The highest BCUT2D eigenvalue weighted by Gasteiger charge is 2.37. The van der Waals surface area contributed by atoms with Crippen molar-refractivity contribution in [3.8, 4) is 0 Å². The number of piperazine rings is 1. The number of carbonyl (C=O) groups excluding carboxylic acids is 1. The molecule has 0 radical (unpaired) electrons. The van der Waals surface area contributed by atoms with E-state index in [1.165, 1.54) is 0 Å². The highest BCUT2D eigenvalue weighted by Crippen LogP contribution is 2.44. The maximum atomic E-state index is 13.1. The van der Waals surface area contributed by atoms with Crippen LogP contribution in [0.1, 0.15) is 53.1 Å². The normalized spacial score (nSPS) is 23.6. The molecular formula is C23H31ClN4O3S. The molecule has 1 amide bonds. The standard InChI is InChI=1S/C23H31ClN4O3S/c1-12-8-16-18-19(17(12)24)32-11-15(4)28(18)21(29)25-20(16)26-9-13(2)27(14(3)10-26)22(30)31-23(5,6)7/h8,13-15H,9-11H2,1-7H3/t13-,14+,15-/m0/s1. The van der Waals surface area contributed by atoms with Gasteiger partial charge in [-0.2, -0.15) is 4.98 Å². The highest BCUT2D eigenvalue weighted by atomic mass is 35.5. The minimum atomic E-state index is -0.550. The number of rotatable bonds is 1. The Labute approximate surface area is 198 Å². The van der Waals surface area contributed by atoms with Crippen molar-refractivity contribution in [1.82, 2.24) is 14.5 Å². The Balaban J connectivity index is 1.77. The number of anilines is 1. The number of thioether (sulfide) groups is 1. The first-order valence-corrected chi connectivity index (χ1v) is 12.4. The van der Waals surface area contributed by atoms with Crippen LogP contribution in [0.15, 0.2) is 15.8 Å². The number of hydrogen-bond donors (Lipinski definition) is 0. The third kappa shape index (κ3) is 3.96. The molecule has 32 heavy (non-hydrogen) atoms. The lowest BCUT2D eigenvalue weighted by Gasteiger charge is -2.45. The molecule has 4 rings (SSSR count). The van der Waals surface area contributed by atoms with Gasteiger partial charge in [0.25, 0.3) is 0 Å². The lowest BCUT2D eigenvalue weighted by atomic mass is 10.1. The maximum absolute atomic E-state index is 13.1. The van der Waals surface area contributed by atoms with E-state index in [2.05, 4.69) is 9.88 Å². The van der Waals surface area contributed by atoms with Gasteiger partial charge < -0.3 is 9.64 Å². The van der Waals surface area contributed by atoms with Gasteiger partial charge in [-0.25, -0.2) is 9.59 Å². The molecular weight excluding hydrogens is 448 g/mol. The predicted molar refractivity (Wildman–Crippen MR) is 130 cm³/mol. The van der Waals surface area contributed by atoms with Gasteiger partial charge in [0.15, 0.2) is 0 Å². The molecule has 7 nitrogen and oxygen atoms in total. The summed E-state index contributed by atoms with van der Waals surface area (Å²) < 4.78 is 7.40. The fourth-order valence-corrected chi connectivity index (χ4v) is 6.19. The number of amides is 1. The van der Waals surface area contributed by atoms with Crippen molar-refractivity contribution >= 4 is 46.2 Å². The zero-order valence-electron chi connectivity index (χ0n) is 19.7. The van der Waals surface area contributed by atoms with E-state index in [-0.39, 0.29) is 29.9 Å². The zero-order valence-corrected chi connectivity index (χ0v) is 21.3. The number of benzene rings is 1. The van der Waals surface area contributed by atoms with Crippen LogP contribution in [-0.4, -0.2) is 57.1 Å². The Kier molecular flexibility index (Phi) is 5.91. The van der Waals surface area contributed by atoms with E-state index in [1.54, 1.807) is 21.2 Å². The van der Waals surface area contributed by atoms with Crippen molar-refractivity contribution in [2.75, 3.05) is 23.7 Å². The Bertz CT molecular complexity index is 1130. The number of carbonyl (C=O) groups is 1. The Hall–Kier alpha value is -1.93. The molecule has 0 bridgehead atoms. The molecule has 2 aliphatic rings. The van der Waals surface area contributed by atoms with Gasteiger partial charge in [-0.3, -0.25) is 9.47 Å². The van der Waals surface area contributed by atoms with Crippen LogP contribution in [0.4, 0.5) is 10.6 Å². The first-order chi connectivity index (χ1) is 14.9. The zero-order chi connectivity index (χ0) is 23.5. The molecule has 0 aliphatic carbocycles. The van der Waals surface area contributed by atoms with E-state index >= 15 is 0 Å². The first kappa shape index (κ1) is 23.2. The van der Waals surface area contributed by atoms with E-state index in [1.807, 2.05) is 54.5 Å². The van der Waals surface area contributed by atoms with E-state index in [0.29, 0.717) is 23.9 Å². The second-order valence-electron chi connectivity index (χ2n) is 9.97. The molecule has 174 valence electrons. The first-order valence-electron chi connectivity index (χ1n) is 11.0. The summed E-state index contributed by atoms with van der Waals surface area (Å²) in [7, 11) is 0. The van der Waals surface area contributed by atoms with E-state index in [0.717, 1.165) is 27.1 Å². The monoisotopic (exact) mass is 478 g/mol. The molecule has 9 heteroatoms. The molecule has 1 saturated heterocycles. The summed E-state index contributed by atoms with van der Waals surface area (Å²) >= 11 is 8.34. The molecule has 2 aromatic rings. The van der Waals surface area contributed by atoms with Gasteiger partial charge in [0.2, 0.25) is 0 Å². The maximum Gasteiger partial charge on any atom is 0.410 e. The van der Waals surface area contributed by atoms with Gasteiger partial charge in [0.05, 0.1) is 27.5 Å². The van der Waals surface area contributed by atoms with E-state index < -0.39 is 5.60 Å². The average Bonchev–Trinajstić information content (AvgIpc) is 2.66.